The Morgan fingerprint density at radius 1 is 0.923 bits per heavy atom. The molecule has 1 heterocycles. The lowest BCUT2D eigenvalue weighted by atomic mass is 9.86. The Balaban J connectivity index is 1.47. The van der Waals surface area contributed by atoms with Gasteiger partial charge in [-0.3, -0.25) is 4.90 Å². The highest BCUT2D eigenvalue weighted by molar-refractivity contribution is 7.89. The van der Waals surface area contributed by atoms with Gasteiger partial charge in [-0.1, -0.05) is 50.1 Å². The quantitative estimate of drug-likeness (QED) is 0.824. The van der Waals surface area contributed by atoms with Gasteiger partial charge < -0.3 is 0 Å². The van der Waals surface area contributed by atoms with Crippen molar-refractivity contribution in [2.75, 3.05) is 26.2 Å². The molecule has 1 aliphatic carbocycles. The highest BCUT2D eigenvalue weighted by Crippen LogP contribution is 2.29. The standard InChI is InChI=1S/C21H28N2O2S/c1-17-5-4-8-20(15-17)22-11-13-23(14-12-22)26(24,25)21-10-9-18-6-2-3-7-19(18)16-21/h2-3,6-7,9-10,16-17,20H,4-5,8,11-15H2,1H3/t17-,20-/m0/s1. The van der Waals surface area contributed by atoms with E-state index < -0.39 is 10.0 Å². The lowest BCUT2D eigenvalue weighted by Crippen LogP contribution is -2.52. The molecule has 26 heavy (non-hydrogen) atoms. The number of benzene rings is 2. The van der Waals surface area contributed by atoms with Crippen molar-refractivity contribution in [1.29, 1.82) is 0 Å². The van der Waals surface area contributed by atoms with E-state index in [-0.39, 0.29) is 0 Å². The molecule has 2 aliphatic rings. The second-order valence-electron chi connectivity index (χ2n) is 7.87. The van der Waals surface area contributed by atoms with Gasteiger partial charge >= 0.3 is 0 Å². The zero-order valence-corrected chi connectivity index (χ0v) is 16.3. The zero-order valence-electron chi connectivity index (χ0n) is 15.5. The Morgan fingerprint density at radius 3 is 2.38 bits per heavy atom. The molecule has 2 atom stereocenters. The highest BCUT2D eigenvalue weighted by atomic mass is 32.2. The van der Waals surface area contributed by atoms with Crippen LogP contribution in [0, 0.1) is 5.92 Å². The molecule has 0 N–H and O–H groups in total. The van der Waals surface area contributed by atoms with Crippen LogP contribution in [-0.4, -0.2) is 49.8 Å². The minimum absolute atomic E-state index is 0.413. The second kappa shape index (κ2) is 7.29. The number of rotatable bonds is 3. The van der Waals surface area contributed by atoms with Crippen LogP contribution < -0.4 is 0 Å². The number of nitrogens with zero attached hydrogens (tertiary/aromatic N) is 2. The predicted octanol–water partition coefficient (Wildman–Crippen LogP) is 3.72. The zero-order chi connectivity index (χ0) is 18.1. The average Bonchev–Trinajstić information content (AvgIpc) is 2.67. The minimum atomic E-state index is -3.41. The molecule has 0 aromatic heterocycles. The largest absolute Gasteiger partial charge is 0.298 e. The van der Waals surface area contributed by atoms with Crippen molar-refractivity contribution in [1.82, 2.24) is 9.21 Å². The molecule has 2 fully saturated rings. The summed E-state index contributed by atoms with van der Waals surface area (Å²) in [6.45, 7) is 5.24. The first-order valence-electron chi connectivity index (χ1n) is 9.77. The Morgan fingerprint density at radius 2 is 1.65 bits per heavy atom. The molecule has 1 aliphatic heterocycles. The van der Waals surface area contributed by atoms with Crippen LogP contribution in [0.1, 0.15) is 32.6 Å². The van der Waals surface area contributed by atoms with Crippen molar-refractivity contribution in [3.8, 4) is 0 Å². The van der Waals surface area contributed by atoms with Crippen molar-refractivity contribution in [2.45, 2.75) is 43.5 Å². The normalized spacial score (nSPS) is 26.2. The summed E-state index contributed by atoms with van der Waals surface area (Å²) >= 11 is 0. The molecule has 2 aromatic carbocycles. The first kappa shape index (κ1) is 18.0. The maximum atomic E-state index is 13.1. The van der Waals surface area contributed by atoms with Crippen LogP contribution in [0.25, 0.3) is 10.8 Å². The maximum absolute atomic E-state index is 13.1. The van der Waals surface area contributed by atoms with Crippen molar-refractivity contribution in [3.05, 3.63) is 42.5 Å². The van der Waals surface area contributed by atoms with Crippen molar-refractivity contribution in [2.24, 2.45) is 5.92 Å². The van der Waals surface area contributed by atoms with Crippen molar-refractivity contribution < 1.29 is 8.42 Å². The summed E-state index contributed by atoms with van der Waals surface area (Å²) in [4.78, 5) is 2.93. The molecule has 0 bridgehead atoms. The van der Waals surface area contributed by atoms with Gasteiger partial charge in [0.25, 0.3) is 0 Å². The van der Waals surface area contributed by atoms with E-state index in [9.17, 15) is 8.42 Å². The topological polar surface area (TPSA) is 40.6 Å². The summed E-state index contributed by atoms with van der Waals surface area (Å²) in [5.74, 6) is 0.799. The molecular weight excluding hydrogens is 344 g/mol. The predicted molar refractivity (Wildman–Crippen MR) is 106 cm³/mol. The van der Waals surface area contributed by atoms with E-state index in [1.165, 1.54) is 25.7 Å². The summed E-state index contributed by atoms with van der Waals surface area (Å²) in [5.41, 5.74) is 0. The number of piperazine rings is 1. The summed E-state index contributed by atoms with van der Waals surface area (Å²) < 4.78 is 27.8. The van der Waals surface area contributed by atoms with Crippen LogP contribution in [0.15, 0.2) is 47.4 Å². The van der Waals surface area contributed by atoms with Crippen LogP contribution in [0.5, 0.6) is 0 Å². The molecule has 140 valence electrons. The van der Waals surface area contributed by atoms with Gasteiger partial charge in [0, 0.05) is 32.2 Å². The Bertz CT molecular complexity index is 872. The van der Waals surface area contributed by atoms with Crippen LogP contribution in [0.2, 0.25) is 0 Å². The third-order valence-corrected chi connectivity index (χ3v) is 7.95. The molecule has 4 rings (SSSR count). The molecule has 0 unspecified atom stereocenters. The number of fused-ring (bicyclic) bond motifs is 1. The van der Waals surface area contributed by atoms with Crippen LogP contribution in [0.3, 0.4) is 0 Å². The fraction of sp³-hybridized carbons (Fsp3) is 0.524. The molecule has 0 amide bonds. The van der Waals surface area contributed by atoms with Gasteiger partial charge in [-0.2, -0.15) is 4.31 Å². The third-order valence-electron chi connectivity index (χ3n) is 6.06. The molecule has 1 saturated heterocycles. The second-order valence-corrected chi connectivity index (χ2v) is 9.81. The molecule has 2 aromatic rings. The van der Waals surface area contributed by atoms with Crippen LogP contribution in [-0.2, 0) is 10.0 Å². The average molecular weight is 373 g/mol. The van der Waals surface area contributed by atoms with E-state index in [4.69, 9.17) is 0 Å². The summed E-state index contributed by atoms with van der Waals surface area (Å²) in [5, 5.41) is 2.05. The Kier molecular flexibility index (Phi) is 5.04. The van der Waals surface area contributed by atoms with E-state index in [0.29, 0.717) is 24.0 Å². The van der Waals surface area contributed by atoms with Crippen LogP contribution in [0.4, 0.5) is 0 Å². The number of sulfonamides is 1. The van der Waals surface area contributed by atoms with E-state index in [2.05, 4.69) is 11.8 Å². The van der Waals surface area contributed by atoms with Gasteiger partial charge in [0.15, 0.2) is 0 Å². The molecular formula is C21H28N2O2S. The lowest BCUT2D eigenvalue weighted by molar-refractivity contribution is 0.0967. The molecule has 0 radical (unpaired) electrons. The number of hydrogen-bond donors (Lipinski definition) is 0. The Hall–Kier alpha value is -1.43. The van der Waals surface area contributed by atoms with Gasteiger partial charge in [0.2, 0.25) is 10.0 Å². The molecule has 5 heteroatoms. The summed E-state index contributed by atoms with van der Waals surface area (Å²) in [7, 11) is -3.41. The number of hydrogen-bond acceptors (Lipinski definition) is 3. The highest BCUT2D eigenvalue weighted by Gasteiger charge is 2.32. The van der Waals surface area contributed by atoms with Gasteiger partial charge in [-0.05, 0) is 41.7 Å². The monoisotopic (exact) mass is 372 g/mol. The van der Waals surface area contributed by atoms with Crippen molar-refractivity contribution >= 4 is 20.8 Å². The van der Waals surface area contributed by atoms with Gasteiger partial charge in [0.05, 0.1) is 4.90 Å². The fourth-order valence-electron chi connectivity index (χ4n) is 4.52. The molecule has 4 nitrogen and oxygen atoms in total. The molecule has 1 saturated carbocycles. The molecule has 0 spiro atoms. The Labute approximate surface area is 156 Å². The van der Waals surface area contributed by atoms with Crippen molar-refractivity contribution in [3.63, 3.8) is 0 Å². The summed E-state index contributed by atoms with van der Waals surface area (Å²) in [6, 6.07) is 14.0. The van der Waals surface area contributed by atoms with Gasteiger partial charge in [0.1, 0.15) is 0 Å². The van der Waals surface area contributed by atoms with Crippen LogP contribution >= 0.6 is 0 Å². The van der Waals surface area contributed by atoms with E-state index >= 15 is 0 Å². The van der Waals surface area contributed by atoms with E-state index in [1.54, 1.807) is 16.4 Å². The van der Waals surface area contributed by atoms with E-state index in [0.717, 1.165) is 29.8 Å². The minimum Gasteiger partial charge on any atom is -0.298 e. The van der Waals surface area contributed by atoms with E-state index in [1.807, 2.05) is 30.3 Å². The maximum Gasteiger partial charge on any atom is 0.243 e. The third kappa shape index (κ3) is 3.53. The summed E-state index contributed by atoms with van der Waals surface area (Å²) in [6.07, 6.45) is 5.17. The van der Waals surface area contributed by atoms with Gasteiger partial charge in [-0.15, -0.1) is 0 Å². The first-order valence-corrected chi connectivity index (χ1v) is 11.2. The van der Waals surface area contributed by atoms with Gasteiger partial charge in [-0.25, -0.2) is 8.42 Å². The fourth-order valence-corrected chi connectivity index (χ4v) is 5.98. The lowest BCUT2D eigenvalue weighted by Gasteiger charge is -2.41. The first-order chi connectivity index (χ1) is 12.5. The smallest absolute Gasteiger partial charge is 0.243 e. The SMILES string of the molecule is C[C@H]1CCC[C@H](N2CCN(S(=O)(=O)c3ccc4ccccc4c3)CC2)C1.